The molecule has 0 aromatic heterocycles. The predicted molar refractivity (Wildman–Crippen MR) is 136 cm³/mol. The van der Waals surface area contributed by atoms with E-state index in [0.717, 1.165) is 30.5 Å². The van der Waals surface area contributed by atoms with Crippen molar-refractivity contribution in [2.75, 3.05) is 19.8 Å². The van der Waals surface area contributed by atoms with Gasteiger partial charge < -0.3 is 21.1 Å². The Labute approximate surface area is 220 Å². The molecule has 2 aromatic rings. The lowest BCUT2D eigenvalue weighted by Crippen LogP contribution is -2.54. The number of amides is 2. The Morgan fingerprint density at radius 3 is 2.34 bits per heavy atom. The lowest BCUT2D eigenvalue weighted by molar-refractivity contribution is -0.137. The molecule has 1 saturated carbocycles. The first-order valence-electron chi connectivity index (χ1n) is 12.8. The second-order valence-electron chi connectivity index (χ2n) is 9.95. The molecule has 2 amide bonds. The zero-order valence-corrected chi connectivity index (χ0v) is 21.4. The second kappa shape index (κ2) is 12.7. The maximum absolute atomic E-state index is 14.1. The molecule has 10 heteroatoms. The first kappa shape index (κ1) is 29.6. The first-order valence-corrected chi connectivity index (χ1v) is 12.8. The van der Waals surface area contributed by atoms with E-state index in [1.165, 1.54) is 6.07 Å². The molecule has 1 aliphatic carbocycles. The Kier molecular flexibility index (Phi) is 9.89. The van der Waals surface area contributed by atoms with Crippen LogP contribution in [0.1, 0.15) is 66.9 Å². The van der Waals surface area contributed by atoms with E-state index in [-0.39, 0.29) is 11.6 Å². The molecule has 2 aromatic carbocycles. The van der Waals surface area contributed by atoms with E-state index in [2.05, 4.69) is 16.0 Å². The van der Waals surface area contributed by atoms with Gasteiger partial charge in [0.15, 0.2) is 0 Å². The summed E-state index contributed by atoms with van der Waals surface area (Å²) in [6, 6.07) is 13.6. The molecule has 0 spiro atoms. The van der Waals surface area contributed by atoms with Crippen molar-refractivity contribution >= 4 is 11.8 Å². The topological polar surface area (TPSA) is 90.5 Å². The van der Waals surface area contributed by atoms with Crippen molar-refractivity contribution in [3.05, 3.63) is 71.3 Å². The van der Waals surface area contributed by atoms with Gasteiger partial charge in [0.2, 0.25) is 5.91 Å². The molecular weight excluding hydrogens is 502 g/mol. The fraction of sp³-hybridized carbons (Fsp3) is 0.500. The van der Waals surface area contributed by atoms with E-state index in [1.54, 1.807) is 6.92 Å². The quantitative estimate of drug-likeness (QED) is 0.318. The SMILES string of the molecule is CCC(CF)(CCNC1CCC(O)(c2ccccc2)CC1)NC(=O)CNC(=O)c1cccc(C(F)(F)F)c1. The molecule has 6 nitrogen and oxygen atoms in total. The van der Waals surface area contributed by atoms with Crippen LogP contribution in [-0.2, 0) is 16.6 Å². The molecule has 0 saturated heterocycles. The van der Waals surface area contributed by atoms with E-state index in [9.17, 15) is 32.3 Å². The van der Waals surface area contributed by atoms with Gasteiger partial charge in [-0.2, -0.15) is 13.2 Å². The fourth-order valence-electron chi connectivity index (χ4n) is 4.81. The summed E-state index contributed by atoms with van der Waals surface area (Å²) >= 11 is 0. The van der Waals surface area contributed by atoms with Crippen LogP contribution in [0.25, 0.3) is 0 Å². The summed E-state index contributed by atoms with van der Waals surface area (Å²) in [6.45, 7) is 0.895. The van der Waals surface area contributed by atoms with E-state index < -0.39 is 47.9 Å². The molecule has 3 rings (SSSR count). The average molecular weight is 538 g/mol. The Bertz CT molecular complexity index is 1070. The number of halogens is 4. The number of alkyl halides is 4. The summed E-state index contributed by atoms with van der Waals surface area (Å²) in [5.74, 6) is -1.46. The maximum Gasteiger partial charge on any atom is 0.416 e. The van der Waals surface area contributed by atoms with Gasteiger partial charge in [0, 0.05) is 11.6 Å². The highest BCUT2D eigenvalue weighted by Gasteiger charge is 2.35. The van der Waals surface area contributed by atoms with Crippen molar-refractivity contribution in [3.8, 4) is 0 Å². The van der Waals surface area contributed by atoms with Crippen molar-refractivity contribution in [2.45, 2.75) is 68.8 Å². The molecule has 38 heavy (non-hydrogen) atoms. The van der Waals surface area contributed by atoms with Gasteiger partial charge >= 0.3 is 6.18 Å². The van der Waals surface area contributed by atoms with E-state index in [1.807, 2.05) is 30.3 Å². The lowest BCUT2D eigenvalue weighted by atomic mass is 9.77. The number of rotatable bonds is 11. The monoisotopic (exact) mass is 537 g/mol. The minimum atomic E-state index is -4.59. The van der Waals surface area contributed by atoms with Crippen LogP contribution in [0.2, 0.25) is 0 Å². The molecule has 1 atom stereocenters. The Balaban J connectivity index is 1.46. The van der Waals surface area contributed by atoms with Gasteiger partial charge in [-0.05, 0) is 68.8 Å². The lowest BCUT2D eigenvalue weighted by Gasteiger charge is -2.37. The molecule has 0 bridgehead atoms. The Morgan fingerprint density at radius 2 is 1.74 bits per heavy atom. The molecule has 1 aliphatic rings. The van der Waals surface area contributed by atoms with Gasteiger partial charge in [0.1, 0.15) is 6.67 Å². The second-order valence-corrected chi connectivity index (χ2v) is 9.95. The number of carbonyl (C=O) groups excluding carboxylic acids is 2. The first-order chi connectivity index (χ1) is 18.0. The van der Waals surface area contributed by atoms with E-state index >= 15 is 0 Å². The zero-order chi connectivity index (χ0) is 27.8. The highest BCUT2D eigenvalue weighted by molar-refractivity contribution is 5.96. The van der Waals surface area contributed by atoms with Crippen LogP contribution in [0.15, 0.2) is 54.6 Å². The van der Waals surface area contributed by atoms with Crippen molar-refractivity contribution < 1.29 is 32.3 Å². The fourth-order valence-corrected chi connectivity index (χ4v) is 4.81. The third-order valence-corrected chi connectivity index (χ3v) is 7.36. The largest absolute Gasteiger partial charge is 0.416 e. The van der Waals surface area contributed by atoms with Gasteiger partial charge in [-0.15, -0.1) is 0 Å². The van der Waals surface area contributed by atoms with Crippen molar-refractivity contribution in [3.63, 3.8) is 0 Å². The van der Waals surface area contributed by atoms with Crippen LogP contribution in [0.3, 0.4) is 0 Å². The van der Waals surface area contributed by atoms with Gasteiger partial charge in [-0.3, -0.25) is 9.59 Å². The van der Waals surface area contributed by atoms with Crippen molar-refractivity contribution in [1.82, 2.24) is 16.0 Å². The van der Waals surface area contributed by atoms with Crippen molar-refractivity contribution in [1.29, 1.82) is 0 Å². The highest BCUT2D eigenvalue weighted by Crippen LogP contribution is 2.37. The van der Waals surface area contributed by atoms with Crippen LogP contribution in [0, 0.1) is 0 Å². The molecule has 0 heterocycles. The maximum atomic E-state index is 14.1. The van der Waals surface area contributed by atoms with E-state index in [0.29, 0.717) is 38.3 Å². The van der Waals surface area contributed by atoms with Crippen LogP contribution in [0.5, 0.6) is 0 Å². The third kappa shape index (κ3) is 7.77. The summed E-state index contributed by atoms with van der Waals surface area (Å²) in [4.78, 5) is 24.7. The van der Waals surface area contributed by atoms with Gasteiger partial charge in [-0.25, -0.2) is 4.39 Å². The molecule has 0 radical (unpaired) electrons. The van der Waals surface area contributed by atoms with Gasteiger partial charge in [0.05, 0.1) is 23.2 Å². The summed E-state index contributed by atoms with van der Waals surface area (Å²) in [7, 11) is 0. The Hall–Kier alpha value is -2.98. The van der Waals surface area contributed by atoms with Crippen LogP contribution >= 0.6 is 0 Å². The van der Waals surface area contributed by atoms with Gasteiger partial charge in [-0.1, -0.05) is 43.3 Å². The average Bonchev–Trinajstić information content (AvgIpc) is 2.92. The van der Waals surface area contributed by atoms with Crippen molar-refractivity contribution in [2.24, 2.45) is 0 Å². The smallest absolute Gasteiger partial charge is 0.385 e. The molecule has 208 valence electrons. The minimum Gasteiger partial charge on any atom is -0.385 e. The van der Waals surface area contributed by atoms with Crippen LogP contribution < -0.4 is 16.0 Å². The normalized spacial score (nSPS) is 21.4. The summed E-state index contributed by atoms with van der Waals surface area (Å²) in [5, 5.41) is 19.4. The number of aliphatic hydroxyl groups is 1. The third-order valence-electron chi connectivity index (χ3n) is 7.36. The minimum absolute atomic E-state index is 0.163. The zero-order valence-electron chi connectivity index (χ0n) is 21.4. The van der Waals surface area contributed by atoms with Crippen LogP contribution in [-0.4, -0.2) is 48.3 Å². The molecule has 4 N–H and O–H groups in total. The number of hydrogen-bond donors (Lipinski definition) is 4. The summed E-state index contributed by atoms with van der Waals surface area (Å²) in [6.07, 6.45) is -1.23. The van der Waals surface area contributed by atoms with E-state index in [4.69, 9.17) is 0 Å². The number of hydrogen-bond acceptors (Lipinski definition) is 4. The van der Waals surface area contributed by atoms with Gasteiger partial charge in [0.25, 0.3) is 5.91 Å². The number of benzene rings is 2. The highest BCUT2D eigenvalue weighted by atomic mass is 19.4. The molecule has 1 fully saturated rings. The summed E-state index contributed by atoms with van der Waals surface area (Å²) in [5.41, 5.74) is -2.27. The number of carbonyl (C=O) groups is 2. The predicted octanol–water partition coefficient (Wildman–Crippen LogP) is 4.48. The molecule has 0 aliphatic heterocycles. The number of nitrogens with one attached hydrogen (secondary N) is 3. The standard InChI is InChI=1S/C28H35F4N3O3/c1-2-26(19-29,15-16-33-23-11-13-27(38,14-12-23)21-8-4-3-5-9-21)35-24(36)18-34-25(37)20-7-6-10-22(17-20)28(30,31)32/h3-10,17,23,33,38H,2,11-16,18-19H2,1H3,(H,34,37)(H,35,36). The Morgan fingerprint density at radius 1 is 1.05 bits per heavy atom. The summed E-state index contributed by atoms with van der Waals surface area (Å²) < 4.78 is 52.7. The van der Waals surface area contributed by atoms with Crippen LogP contribution in [0.4, 0.5) is 17.6 Å². The molecular formula is C28H35F4N3O3. The molecule has 1 unspecified atom stereocenters.